The van der Waals surface area contributed by atoms with Crippen molar-refractivity contribution < 1.29 is 4.74 Å². The molecular formula is C14H22N2O. The predicted molar refractivity (Wildman–Crippen MR) is 68.6 cm³/mol. The van der Waals surface area contributed by atoms with Crippen LogP contribution in [-0.2, 0) is 11.3 Å². The Bertz CT molecular complexity index is 359. The molecule has 17 heavy (non-hydrogen) atoms. The highest BCUT2D eigenvalue weighted by Crippen LogP contribution is 2.26. The molecule has 1 aliphatic carbocycles. The third-order valence-electron chi connectivity index (χ3n) is 3.60. The standard InChI is InChI=1S/C14H22N2O/c1-12-6-5-9-16-13(12)10-17-11-14(15)7-3-2-4-8-14/h5-6,9H,2-4,7-8,10-11,15H2,1H3. The van der Waals surface area contributed by atoms with Gasteiger partial charge in [0.1, 0.15) is 0 Å². The monoisotopic (exact) mass is 234 g/mol. The Morgan fingerprint density at radius 2 is 2.12 bits per heavy atom. The molecule has 0 saturated heterocycles. The van der Waals surface area contributed by atoms with E-state index in [0.29, 0.717) is 13.2 Å². The quantitative estimate of drug-likeness (QED) is 0.871. The molecule has 0 radical (unpaired) electrons. The summed E-state index contributed by atoms with van der Waals surface area (Å²) in [4.78, 5) is 4.32. The number of ether oxygens (including phenoxy) is 1. The number of pyridine rings is 1. The lowest BCUT2D eigenvalue weighted by atomic mass is 9.83. The van der Waals surface area contributed by atoms with Gasteiger partial charge >= 0.3 is 0 Å². The van der Waals surface area contributed by atoms with Crippen molar-refractivity contribution in [2.45, 2.75) is 51.2 Å². The minimum Gasteiger partial charge on any atom is -0.373 e. The third kappa shape index (κ3) is 3.51. The highest BCUT2D eigenvalue weighted by atomic mass is 16.5. The van der Waals surface area contributed by atoms with Gasteiger partial charge in [-0.25, -0.2) is 0 Å². The molecule has 3 nitrogen and oxygen atoms in total. The SMILES string of the molecule is Cc1cccnc1COCC1(N)CCCCC1. The highest BCUT2D eigenvalue weighted by Gasteiger charge is 2.27. The molecule has 0 amide bonds. The van der Waals surface area contributed by atoms with Crippen LogP contribution in [0.1, 0.15) is 43.4 Å². The van der Waals surface area contributed by atoms with Gasteiger partial charge in [-0.15, -0.1) is 0 Å². The lowest BCUT2D eigenvalue weighted by molar-refractivity contribution is 0.0555. The fraction of sp³-hybridized carbons (Fsp3) is 0.643. The van der Waals surface area contributed by atoms with E-state index in [-0.39, 0.29) is 5.54 Å². The molecule has 0 spiro atoms. The normalized spacial score (nSPS) is 19.2. The Morgan fingerprint density at radius 1 is 1.35 bits per heavy atom. The molecule has 2 N–H and O–H groups in total. The summed E-state index contributed by atoms with van der Waals surface area (Å²) in [6, 6.07) is 4.01. The van der Waals surface area contributed by atoms with Crippen molar-refractivity contribution in [3.8, 4) is 0 Å². The van der Waals surface area contributed by atoms with Crippen LogP contribution in [0.3, 0.4) is 0 Å². The van der Waals surface area contributed by atoms with Crippen LogP contribution in [0.25, 0.3) is 0 Å². The first-order chi connectivity index (χ1) is 8.20. The second-order valence-electron chi connectivity index (χ2n) is 5.18. The molecule has 0 aliphatic heterocycles. The zero-order valence-electron chi connectivity index (χ0n) is 10.6. The average molecular weight is 234 g/mol. The van der Waals surface area contributed by atoms with Crippen molar-refractivity contribution >= 4 is 0 Å². The van der Waals surface area contributed by atoms with Crippen molar-refractivity contribution in [1.29, 1.82) is 0 Å². The molecule has 1 heterocycles. The van der Waals surface area contributed by atoms with Crippen LogP contribution in [-0.4, -0.2) is 17.1 Å². The summed E-state index contributed by atoms with van der Waals surface area (Å²) in [5.41, 5.74) is 8.42. The number of hydrogen-bond acceptors (Lipinski definition) is 3. The first kappa shape index (κ1) is 12.5. The van der Waals surface area contributed by atoms with E-state index in [1.807, 2.05) is 12.3 Å². The zero-order valence-corrected chi connectivity index (χ0v) is 10.6. The maximum Gasteiger partial charge on any atom is 0.0891 e. The van der Waals surface area contributed by atoms with Crippen molar-refractivity contribution in [2.75, 3.05) is 6.61 Å². The van der Waals surface area contributed by atoms with E-state index >= 15 is 0 Å². The lowest BCUT2D eigenvalue weighted by Gasteiger charge is -2.33. The van der Waals surface area contributed by atoms with Crippen molar-refractivity contribution in [1.82, 2.24) is 4.98 Å². The molecule has 2 rings (SSSR count). The van der Waals surface area contributed by atoms with Gasteiger partial charge in [0.2, 0.25) is 0 Å². The van der Waals surface area contributed by atoms with Crippen LogP contribution in [0.2, 0.25) is 0 Å². The van der Waals surface area contributed by atoms with Crippen LogP contribution >= 0.6 is 0 Å². The summed E-state index contributed by atoms with van der Waals surface area (Å²) in [5, 5.41) is 0. The molecule has 94 valence electrons. The van der Waals surface area contributed by atoms with Gasteiger partial charge in [0.15, 0.2) is 0 Å². The van der Waals surface area contributed by atoms with E-state index in [1.165, 1.54) is 24.8 Å². The predicted octanol–water partition coefficient (Wildman–Crippen LogP) is 2.57. The van der Waals surface area contributed by atoms with Crippen LogP contribution in [0.15, 0.2) is 18.3 Å². The molecule has 1 saturated carbocycles. The first-order valence-electron chi connectivity index (χ1n) is 6.47. The van der Waals surface area contributed by atoms with Crippen LogP contribution in [0.5, 0.6) is 0 Å². The fourth-order valence-electron chi connectivity index (χ4n) is 2.42. The summed E-state index contributed by atoms with van der Waals surface area (Å²) in [6.45, 7) is 3.29. The number of nitrogens with two attached hydrogens (primary N) is 1. The van der Waals surface area contributed by atoms with Gasteiger partial charge in [-0.2, -0.15) is 0 Å². The smallest absolute Gasteiger partial charge is 0.0891 e. The van der Waals surface area contributed by atoms with Crippen molar-refractivity contribution in [3.63, 3.8) is 0 Å². The van der Waals surface area contributed by atoms with Gasteiger partial charge < -0.3 is 10.5 Å². The van der Waals surface area contributed by atoms with Crippen molar-refractivity contribution in [2.24, 2.45) is 5.73 Å². The largest absolute Gasteiger partial charge is 0.373 e. The number of nitrogens with zero attached hydrogens (tertiary/aromatic N) is 1. The number of hydrogen-bond donors (Lipinski definition) is 1. The van der Waals surface area contributed by atoms with E-state index in [2.05, 4.69) is 18.0 Å². The molecule has 3 heteroatoms. The maximum absolute atomic E-state index is 6.32. The molecule has 1 aromatic rings. The second-order valence-corrected chi connectivity index (χ2v) is 5.18. The van der Waals surface area contributed by atoms with Gasteiger partial charge in [-0.1, -0.05) is 25.3 Å². The molecule has 0 atom stereocenters. The molecule has 0 unspecified atom stereocenters. The van der Waals surface area contributed by atoms with Crippen molar-refractivity contribution in [3.05, 3.63) is 29.6 Å². The van der Waals surface area contributed by atoms with Crippen LogP contribution < -0.4 is 5.73 Å². The summed E-state index contributed by atoms with van der Waals surface area (Å²) < 4.78 is 5.76. The van der Waals surface area contributed by atoms with E-state index < -0.39 is 0 Å². The first-order valence-corrected chi connectivity index (χ1v) is 6.47. The van der Waals surface area contributed by atoms with E-state index in [0.717, 1.165) is 18.5 Å². The topological polar surface area (TPSA) is 48.1 Å². The molecule has 0 bridgehead atoms. The van der Waals surface area contributed by atoms with E-state index in [9.17, 15) is 0 Å². The Labute approximate surface area is 103 Å². The summed E-state index contributed by atoms with van der Waals surface area (Å²) in [7, 11) is 0. The Hall–Kier alpha value is -0.930. The van der Waals surface area contributed by atoms with Gasteiger partial charge in [0, 0.05) is 11.7 Å². The Kier molecular flexibility index (Phi) is 4.13. The summed E-state index contributed by atoms with van der Waals surface area (Å²) in [5.74, 6) is 0. The van der Waals surface area contributed by atoms with Gasteiger partial charge in [0.25, 0.3) is 0 Å². The number of aryl methyl sites for hydroxylation is 1. The summed E-state index contributed by atoms with van der Waals surface area (Å²) >= 11 is 0. The second kappa shape index (κ2) is 5.61. The Balaban J connectivity index is 1.81. The minimum atomic E-state index is -0.0963. The summed E-state index contributed by atoms with van der Waals surface area (Å²) in [6.07, 6.45) is 7.79. The third-order valence-corrected chi connectivity index (χ3v) is 3.60. The minimum absolute atomic E-state index is 0.0963. The van der Waals surface area contributed by atoms with Crippen LogP contribution in [0.4, 0.5) is 0 Å². The zero-order chi connectivity index (χ0) is 12.1. The number of aromatic nitrogens is 1. The highest BCUT2D eigenvalue weighted by molar-refractivity contribution is 5.16. The average Bonchev–Trinajstić information content (AvgIpc) is 2.32. The fourth-order valence-corrected chi connectivity index (χ4v) is 2.42. The maximum atomic E-state index is 6.32. The number of rotatable bonds is 4. The van der Waals surface area contributed by atoms with E-state index in [1.54, 1.807) is 0 Å². The molecule has 1 fully saturated rings. The molecule has 1 aliphatic rings. The van der Waals surface area contributed by atoms with Gasteiger partial charge in [-0.05, 0) is 31.4 Å². The molecular weight excluding hydrogens is 212 g/mol. The van der Waals surface area contributed by atoms with Gasteiger partial charge in [-0.3, -0.25) is 4.98 Å². The molecule has 1 aromatic heterocycles. The van der Waals surface area contributed by atoms with Crippen LogP contribution in [0, 0.1) is 6.92 Å². The van der Waals surface area contributed by atoms with E-state index in [4.69, 9.17) is 10.5 Å². The van der Waals surface area contributed by atoms with Gasteiger partial charge in [0.05, 0.1) is 18.9 Å². The Morgan fingerprint density at radius 3 is 2.82 bits per heavy atom. The lowest BCUT2D eigenvalue weighted by Crippen LogP contribution is -2.46. The molecule has 0 aromatic carbocycles.